The first-order valence-electron chi connectivity index (χ1n) is 9.35. The predicted octanol–water partition coefficient (Wildman–Crippen LogP) is 2.54. The molecule has 1 aromatic rings. The van der Waals surface area contributed by atoms with Crippen LogP contribution in [-0.4, -0.2) is 59.6 Å². The lowest BCUT2D eigenvalue weighted by atomic mass is 9.98. The van der Waals surface area contributed by atoms with Gasteiger partial charge in [-0.05, 0) is 57.8 Å². The van der Waals surface area contributed by atoms with Crippen molar-refractivity contribution in [2.75, 3.05) is 33.2 Å². The number of rotatable bonds is 6. The first kappa shape index (κ1) is 18.8. The first-order valence-corrected chi connectivity index (χ1v) is 9.35. The Kier molecular flexibility index (Phi) is 7.16. The number of hydrogen-bond donors (Lipinski definition) is 1. The molecule has 0 bridgehead atoms. The van der Waals surface area contributed by atoms with E-state index in [0.717, 1.165) is 31.5 Å². The van der Waals surface area contributed by atoms with E-state index in [-0.39, 0.29) is 0 Å². The zero-order valence-electron chi connectivity index (χ0n) is 16.1. The Morgan fingerprint density at radius 1 is 1.42 bits per heavy atom. The molecule has 1 aromatic heterocycles. The Balaban J connectivity index is 1.92. The molecule has 1 aliphatic rings. The zero-order chi connectivity index (χ0) is 17.5. The van der Waals surface area contributed by atoms with E-state index in [1.54, 1.807) is 0 Å². The number of nitrogens with zero attached hydrogens (tertiary/aromatic N) is 4. The van der Waals surface area contributed by atoms with Crippen LogP contribution >= 0.6 is 0 Å². The number of likely N-dealkylation sites (tertiary alicyclic amines) is 1. The summed E-state index contributed by atoms with van der Waals surface area (Å²) in [6, 6.07) is 4.76. The summed E-state index contributed by atoms with van der Waals surface area (Å²) in [7, 11) is 4.20. The van der Waals surface area contributed by atoms with Gasteiger partial charge in [0.15, 0.2) is 5.96 Å². The van der Waals surface area contributed by atoms with Crippen molar-refractivity contribution in [3.63, 3.8) is 0 Å². The number of aromatic nitrogens is 1. The van der Waals surface area contributed by atoms with E-state index < -0.39 is 0 Å². The van der Waals surface area contributed by atoms with Gasteiger partial charge in [-0.15, -0.1) is 0 Å². The third kappa shape index (κ3) is 5.26. The smallest absolute Gasteiger partial charge is 0.194 e. The van der Waals surface area contributed by atoms with Gasteiger partial charge < -0.3 is 14.8 Å². The molecule has 0 spiro atoms. The maximum atomic E-state index is 4.90. The highest BCUT2D eigenvalue weighted by atomic mass is 15.3. The minimum absolute atomic E-state index is 0.509. The molecule has 2 rings (SSSR count). The first-order chi connectivity index (χ1) is 11.5. The average molecular weight is 334 g/mol. The molecule has 1 N–H and O–H groups in total. The van der Waals surface area contributed by atoms with Crippen LogP contribution < -0.4 is 5.32 Å². The number of piperidine rings is 1. The van der Waals surface area contributed by atoms with Crippen LogP contribution in [-0.2, 0) is 13.6 Å². The van der Waals surface area contributed by atoms with Gasteiger partial charge in [0.1, 0.15) is 0 Å². The molecule has 0 aliphatic carbocycles. The van der Waals surface area contributed by atoms with Crippen molar-refractivity contribution >= 4 is 5.96 Å². The largest absolute Gasteiger partial charge is 0.357 e. The van der Waals surface area contributed by atoms with Gasteiger partial charge in [0.05, 0.1) is 13.1 Å². The van der Waals surface area contributed by atoms with Crippen molar-refractivity contribution < 1.29 is 0 Å². The Hall–Kier alpha value is -1.49. The summed E-state index contributed by atoms with van der Waals surface area (Å²) >= 11 is 0. The standard InChI is InChI=1S/C19H35N5/c1-6-20-19(23(5)15-18-8-7-11-22(18)4)21-14-17(3)24-12-9-16(2)10-13-24/h7-8,11,16-17H,6,9-10,12-15H2,1-5H3,(H,20,21). The lowest BCUT2D eigenvalue weighted by molar-refractivity contribution is 0.150. The summed E-state index contributed by atoms with van der Waals surface area (Å²) in [5, 5.41) is 3.43. The van der Waals surface area contributed by atoms with Gasteiger partial charge in [0.2, 0.25) is 0 Å². The van der Waals surface area contributed by atoms with E-state index in [9.17, 15) is 0 Å². The van der Waals surface area contributed by atoms with Crippen molar-refractivity contribution in [1.29, 1.82) is 0 Å². The van der Waals surface area contributed by atoms with Gasteiger partial charge in [0.25, 0.3) is 0 Å². The summed E-state index contributed by atoms with van der Waals surface area (Å²) in [4.78, 5) is 9.70. The summed E-state index contributed by atoms with van der Waals surface area (Å²) in [5.74, 6) is 1.88. The molecule has 1 atom stereocenters. The number of hydrogen-bond acceptors (Lipinski definition) is 2. The Morgan fingerprint density at radius 2 is 2.12 bits per heavy atom. The van der Waals surface area contributed by atoms with E-state index in [1.807, 2.05) is 0 Å². The van der Waals surface area contributed by atoms with Gasteiger partial charge in [-0.3, -0.25) is 9.89 Å². The second-order valence-corrected chi connectivity index (χ2v) is 7.23. The predicted molar refractivity (Wildman–Crippen MR) is 102 cm³/mol. The number of aliphatic imine (C=N–C) groups is 1. The highest BCUT2D eigenvalue weighted by Gasteiger charge is 2.20. The molecule has 2 heterocycles. The highest BCUT2D eigenvalue weighted by Crippen LogP contribution is 2.18. The topological polar surface area (TPSA) is 35.8 Å². The molecule has 0 radical (unpaired) electrons. The van der Waals surface area contributed by atoms with Crippen molar-refractivity contribution in [3.05, 3.63) is 24.0 Å². The third-order valence-electron chi connectivity index (χ3n) is 5.09. The quantitative estimate of drug-likeness (QED) is 0.642. The minimum atomic E-state index is 0.509. The van der Waals surface area contributed by atoms with Crippen molar-refractivity contribution in [2.45, 2.75) is 46.2 Å². The summed E-state index contributed by atoms with van der Waals surface area (Å²) in [6.45, 7) is 11.8. The van der Waals surface area contributed by atoms with Crippen LogP contribution in [0.4, 0.5) is 0 Å². The van der Waals surface area contributed by atoms with Crippen LogP contribution in [0.3, 0.4) is 0 Å². The molecule has 1 unspecified atom stereocenters. The molecule has 5 heteroatoms. The molecular formula is C19H35N5. The maximum absolute atomic E-state index is 4.90. The monoisotopic (exact) mass is 333 g/mol. The summed E-state index contributed by atoms with van der Waals surface area (Å²) < 4.78 is 2.16. The number of aryl methyl sites for hydroxylation is 1. The maximum Gasteiger partial charge on any atom is 0.194 e. The van der Waals surface area contributed by atoms with Crippen LogP contribution in [0.5, 0.6) is 0 Å². The molecular weight excluding hydrogens is 298 g/mol. The van der Waals surface area contributed by atoms with Gasteiger partial charge >= 0.3 is 0 Å². The second-order valence-electron chi connectivity index (χ2n) is 7.23. The third-order valence-corrected chi connectivity index (χ3v) is 5.09. The molecule has 136 valence electrons. The van der Waals surface area contributed by atoms with E-state index in [2.05, 4.69) is 72.9 Å². The lowest BCUT2D eigenvalue weighted by Crippen LogP contribution is -2.43. The van der Waals surface area contributed by atoms with Gasteiger partial charge in [-0.25, -0.2) is 0 Å². The number of guanidine groups is 1. The molecule has 1 aliphatic heterocycles. The van der Waals surface area contributed by atoms with Crippen molar-refractivity contribution in [3.8, 4) is 0 Å². The van der Waals surface area contributed by atoms with E-state index in [4.69, 9.17) is 4.99 Å². The molecule has 0 saturated carbocycles. The summed E-state index contributed by atoms with van der Waals surface area (Å²) in [6.07, 6.45) is 4.73. The van der Waals surface area contributed by atoms with Crippen LogP contribution in [0.25, 0.3) is 0 Å². The molecule has 0 aromatic carbocycles. The van der Waals surface area contributed by atoms with Crippen LogP contribution in [0, 0.1) is 5.92 Å². The average Bonchev–Trinajstić information content (AvgIpc) is 2.96. The van der Waals surface area contributed by atoms with Gasteiger partial charge in [0, 0.05) is 38.6 Å². The number of nitrogens with one attached hydrogen (secondary N) is 1. The minimum Gasteiger partial charge on any atom is -0.357 e. The van der Waals surface area contributed by atoms with Crippen LogP contribution in [0.2, 0.25) is 0 Å². The second kappa shape index (κ2) is 9.11. The van der Waals surface area contributed by atoms with E-state index in [0.29, 0.717) is 6.04 Å². The Bertz CT molecular complexity index is 514. The highest BCUT2D eigenvalue weighted by molar-refractivity contribution is 5.79. The summed E-state index contributed by atoms with van der Waals surface area (Å²) in [5.41, 5.74) is 1.29. The molecule has 24 heavy (non-hydrogen) atoms. The van der Waals surface area contributed by atoms with Crippen LogP contribution in [0.15, 0.2) is 23.3 Å². The van der Waals surface area contributed by atoms with E-state index in [1.165, 1.54) is 31.6 Å². The molecule has 0 amide bonds. The fourth-order valence-electron chi connectivity index (χ4n) is 3.25. The molecule has 1 fully saturated rings. The zero-order valence-corrected chi connectivity index (χ0v) is 16.1. The van der Waals surface area contributed by atoms with Crippen molar-refractivity contribution in [1.82, 2.24) is 19.7 Å². The van der Waals surface area contributed by atoms with E-state index >= 15 is 0 Å². The molecule has 5 nitrogen and oxygen atoms in total. The SMILES string of the molecule is CCNC(=NCC(C)N1CCC(C)CC1)N(C)Cc1cccn1C. The fourth-order valence-corrected chi connectivity index (χ4v) is 3.25. The van der Waals surface area contributed by atoms with Crippen molar-refractivity contribution in [2.24, 2.45) is 18.0 Å². The van der Waals surface area contributed by atoms with Crippen LogP contribution in [0.1, 0.15) is 39.3 Å². The van der Waals surface area contributed by atoms with Gasteiger partial charge in [-0.2, -0.15) is 0 Å². The lowest BCUT2D eigenvalue weighted by Gasteiger charge is -2.34. The Labute approximate surface area is 147 Å². The van der Waals surface area contributed by atoms with Gasteiger partial charge in [-0.1, -0.05) is 6.92 Å². The fraction of sp³-hybridized carbons (Fsp3) is 0.737. The molecule has 1 saturated heterocycles. The normalized spacial score (nSPS) is 18.6. The Morgan fingerprint density at radius 3 is 2.71 bits per heavy atom.